The zero-order valence-corrected chi connectivity index (χ0v) is 11.6. The zero-order valence-electron chi connectivity index (χ0n) is 11.6. The molecule has 4 N–H and O–H groups in total. The second-order valence-corrected chi connectivity index (χ2v) is 4.99. The normalized spacial score (nSPS) is 16.2. The summed E-state index contributed by atoms with van der Waals surface area (Å²) in [5.41, 5.74) is 2.47. The van der Waals surface area contributed by atoms with E-state index in [1.165, 1.54) is 0 Å². The Morgan fingerprint density at radius 2 is 2.00 bits per heavy atom. The van der Waals surface area contributed by atoms with E-state index in [0.717, 1.165) is 25.9 Å². The molecule has 0 spiro atoms. The van der Waals surface area contributed by atoms with Crippen LogP contribution in [0.25, 0.3) is 5.95 Å². The Balaban J connectivity index is 1.86. The van der Waals surface area contributed by atoms with Gasteiger partial charge in [-0.05, 0) is 18.8 Å². The second kappa shape index (κ2) is 6.02. The number of imidazole rings is 1. The van der Waals surface area contributed by atoms with Crippen molar-refractivity contribution in [2.24, 2.45) is 11.8 Å². The van der Waals surface area contributed by atoms with Crippen molar-refractivity contribution in [1.29, 1.82) is 0 Å². The molecule has 21 heavy (non-hydrogen) atoms. The number of nitrogens with one attached hydrogen (secondary N) is 1. The van der Waals surface area contributed by atoms with Crippen LogP contribution in [0.5, 0.6) is 0 Å². The highest BCUT2D eigenvalue weighted by Crippen LogP contribution is 2.21. The van der Waals surface area contributed by atoms with Gasteiger partial charge in [0.2, 0.25) is 17.8 Å². The van der Waals surface area contributed by atoms with Gasteiger partial charge in [0.1, 0.15) is 6.33 Å². The summed E-state index contributed by atoms with van der Waals surface area (Å²) in [6.07, 6.45) is 6.89. The summed E-state index contributed by atoms with van der Waals surface area (Å²) < 4.78 is 1.70. The van der Waals surface area contributed by atoms with Gasteiger partial charge in [-0.3, -0.25) is 9.99 Å². The first kappa shape index (κ1) is 13.7. The smallest absolute Gasteiger partial charge is 0.243 e. The van der Waals surface area contributed by atoms with Crippen LogP contribution in [0.3, 0.4) is 0 Å². The minimum Gasteiger partial charge on any atom is -0.396 e. The summed E-state index contributed by atoms with van der Waals surface area (Å²) in [6.45, 7) is 1.85. The highest BCUT2D eigenvalue weighted by atomic mass is 16.3. The van der Waals surface area contributed by atoms with Crippen molar-refractivity contribution in [1.82, 2.24) is 24.5 Å². The lowest BCUT2D eigenvalue weighted by Crippen LogP contribution is -2.36. The molecule has 0 aliphatic carbocycles. The fourth-order valence-electron chi connectivity index (χ4n) is 2.37. The van der Waals surface area contributed by atoms with Crippen molar-refractivity contribution in [3.05, 3.63) is 18.7 Å². The molecule has 1 fully saturated rings. The average molecular weight is 290 g/mol. The third-order valence-corrected chi connectivity index (χ3v) is 3.63. The number of hydrogen-bond donors (Lipinski definition) is 3. The van der Waals surface area contributed by atoms with Crippen LogP contribution in [-0.2, 0) is 0 Å². The Kier molecular flexibility index (Phi) is 3.93. The first-order valence-electron chi connectivity index (χ1n) is 6.87. The van der Waals surface area contributed by atoms with Crippen LogP contribution < -0.4 is 16.2 Å². The number of aliphatic hydroxyl groups excluding tert-OH is 1. The van der Waals surface area contributed by atoms with Gasteiger partial charge in [0.15, 0.2) is 0 Å². The number of hydrogen-bond acceptors (Lipinski definition) is 8. The van der Waals surface area contributed by atoms with Gasteiger partial charge in [-0.15, -0.1) is 0 Å². The SMILES string of the molecule is NNc1nc(N2CCC(CO)CC2)nc(-n2ccnc2)n1. The number of piperidine rings is 1. The summed E-state index contributed by atoms with van der Waals surface area (Å²) in [5, 5.41) is 9.20. The third-order valence-electron chi connectivity index (χ3n) is 3.63. The largest absolute Gasteiger partial charge is 0.396 e. The molecule has 0 bridgehead atoms. The van der Waals surface area contributed by atoms with Gasteiger partial charge < -0.3 is 10.0 Å². The quantitative estimate of drug-likeness (QED) is 0.512. The molecule has 0 radical (unpaired) electrons. The van der Waals surface area contributed by atoms with E-state index in [1.54, 1.807) is 23.3 Å². The summed E-state index contributed by atoms with van der Waals surface area (Å²) in [6, 6.07) is 0. The molecular weight excluding hydrogens is 272 g/mol. The maximum absolute atomic E-state index is 9.20. The molecule has 0 saturated carbocycles. The van der Waals surface area contributed by atoms with E-state index in [0.29, 0.717) is 23.8 Å². The summed E-state index contributed by atoms with van der Waals surface area (Å²) in [5.74, 6) is 7.16. The molecule has 1 aliphatic heterocycles. The first-order chi connectivity index (χ1) is 10.3. The lowest BCUT2D eigenvalue weighted by Gasteiger charge is -2.31. The van der Waals surface area contributed by atoms with E-state index < -0.39 is 0 Å². The topological polar surface area (TPSA) is 118 Å². The molecule has 3 rings (SSSR count). The fraction of sp³-hybridized carbons (Fsp3) is 0.500. The first-order valence-corrected chi connectivity index (χ1v) is 6.87. The van der Waals surface area contributed by atoms with Crippen molar-refractivity contribution in [2.75, 3.05) is 30.0 Å². The maximum Gasteiger partial charge on any atom is 0.243 e. The van der Waals surface area contributed by atoms with E-state index in [4.69, 9.17) is 5.84 Å². The average Bonchev–Trinajstić information content (AvgIpc) is 3.09. The Hall–Kier alpha value is -2.26. The van der Waals surface area contributed by atoms with E-state index in [2.05, 4.69) is 30.3 Å². The van der Waals surface area contributed by atoms with Crippen molar-refractivity contribution in [3.63, 3.8) is 0 Å². The molecule has 1 aliphatic rings. The van der Waals surface area contributed by atoms with Crippen LogP contribution in [0, 0.1) is 5.92 Å². The Morgan fingerprint density at radius 1 is 1.24 bits per heavy atom. The molecule has 0 aromatic carbocycles. The standard InChI is InChI=1S/C12H18N8O/c13-18-10-15-11(19-4-1-9(7-21)2-5-19)17-12(16-10)20-6-3-14-8-20/h3,6,8-9,21H,1-2,4-5,7,13H2,(H,15,16,17,18). The van der Waals surface area contributed by atoms with Crippen LogP contribution in [0.2, 0.25) is 0 Å². The molecule has 9 nitrogen and oxygen atoms in total. The fourth-order valence-corrected chi connectivity index (χ4v) is 2.37. The lowest BCUT2D eigenvalue weighted by atomic mass is 9.98. The number of anilines is 2. The van der Waals surface area contributed by atoms with Gasteiger partial charge in [-0.25, -0.2) is 10.8 Å². The molecule has 0 amide bonds. The lowest BCUT2D eigenvalue weighted by molar-refractivity contribution is 0.202. The van der Waals surface area contributed by atoms with Gasteiger partial charge in [0.05, 0.1) is 0 Å². The predicted octanol–water partition coefficient (Wildman–Crippen LogP) is -0.448. The number of aliphatic hydroxyl groups is 1. The Morgan fingerprint density at radius 3 is 2.62 bits per heavy atom. The summed E-state index contributed by atoms with van der Waals surface area (Å²) in [7, 11) is 0. The Labute approximate surface area is 121 Å². The monoisotopic (exact) mass is 290 g/mol. The highest BCUT2D eigenvalue weighted by Gasteiger charge is 2.21. The van der Waals surface area contributed by atoms with Gasteiger partial charge >= 0.3 is 0 Å². The molecule has 112 valence electrons. The zero-order chi connectivity index (χ0) is 14.7. The number of rotatable bonds is 4. The molecule has 2 aromatic rings. The maximum atomic E-state index is 9.20. The van der Waals surface area contributed by atoms with Gasteiger partial charge in [-0.2, -0.15) is 15.0 Å². The van der Waals surface area contributed by atoms with E-state index in [9.17, 15) is 5.11 Å². The van der Waals surface area contributed by atoms with Crippen molar-refractivity contribution < 1.29 is 5.11 Å². The second-order valence-electron chi connectivity index (χ2n) is 4.99. The van der Waals surface area contributed by atoms with E-state index in [-0.39, 0.29) is 6.61 Å². The number of nitrogen functional groups attached to an aromatic ring is 1. The van der Waals surface area contributed by atoms with Crippen LogP contribution in [-0.4, -0.2) is 49.3 Å². The highest BCUT2D eigenvalue weighted by molar-refractivity contribution is 5.39. The van der Waals surface area contributed by atoms with Crippen molar-refractivity contribution in [2.45, 2.75) is 12.8 Å². The molecule has 1 saturated heterocycles. The predicted molar refractivity (Wildman–Crippen MR) is 76.8 cm³/mol. The molecule has 3 heterocycles. The van der Waals surface area contributed by atoms with Gasteiger partial charge in [0, 0.05) is 32.1 Å². The van der Waals surface area contributed by atoms with Gasteiger partial charge in [0.25, 0.3) is 0 Å². The minimum absolute atomic E-state index is 0.237. The van der Waals surface area contributed by atoms with E-state index >= 15 is 0 Å². The molecular formula is C12H18N8O. The van der Waals surface area contributed by atoms with E-state index in [1.807, 2.05) is 0 Å². The van der Waals surface area contributed by atoms with Crippen LogP contribution in [0.1, 0.15) is 12.8 Å². The molecule has 0 atom stereocenters. The summed E-state index contributed by atoms with van der Waals surface area (Å²) >= 11 is 0. The molecule has 9 heteroatoms. The number of aromatic nitrogens is 5. The number of hydrazine groups is 1. The van der Waals surface area contributed by atoms with Crippen LogP contribution in [0.15, 0.2) is 18.7 Å². The summed E-state index contributed by atoms with van der Waals surface area (Å²) in [4.78, 5) is 19.1. The third kappa shape index (κ3) is 2.93. The van der Waals surface area contributed by atoms with Crippen LogP contribution >= 0.6 is 0 Å². The molecule has 2 aromatic heterocycles. The minimum atomic E-state index is 0.237. The van der Waals surface area contributed by atoms with Crippen molar-refractivity contribution in [3.8, 4) is 5.95 Å². The van der Waals surface area contributed by atoms with Gasteiger partial charge in [-0.1, -0.05) is 0 Å². The molecule has 0 unspecified atom stereocenters. The Bertz CT molecular complexity index is 579. The number of nitrogens with zero attached hydrogens (tertiary/aromatic N) is 6. The van der Waals surface area contributed by atoms with Crippen LogP contribution in [0.4, 0.5) is 11.9 Å². The number of nitrogens with two attached hydrogens (primary N) is 1. The van der Waals surface area contributed by atoms with Crippen molar-refractivity contribution >= 4 is 11.9 Å².